The van der Waals surface area contributed by atoms with Crippen LogP contribution in [0.5, 0.6) is 0 Å². The highest BCUT2D eigenvalue weighted by molar-refractivity contribution is 7.89. The van der Waals surface area contributed by atoms with Gasteiger partial charge in [-0.25, -0.2) is 13.1 Å². The van der Waals surface area contributed by atoms with E-state index in [2.05, 4.69) is 9.62 Å². The van der Waals surface area contributed by atoms with Gasteiger partial charge < -0.3 is 10.0 Å². The molecule has 1 unspecified atom stereocenters. The van der Waals surface area contributed by atoms with E-state index in [4.69, 9.17) is 0 Å². The summed E-state index contributed by atoms with van der Waals surface area (Å²) in [7, 11) is -1.58. The van der Waals surface area contributed by atoms with Gasteiger partial charge in [0.05, 0.1) is 11.0 Å². The molecule has 1 aliphatic rings. The average Bonchev–Trinajstić information content (AvgIpc) is 2.93. The Morgan fingerprint density at radius 3 is 2.79 bits per heavy atom. The van der Waals surface area contributed by atoms with Gasteiger partial charge in [-0.2, -0.15) is 0 Å². The van der Waals surface area contributed by atoms with Gasteiger partial charge in [0.2, 0.25) is 10.0 Å². The maximum Gasteiger partial charge on any atom is 0.240 e. The molecule has 2 N–H and O–H groups in total. The molecule has 0 bridgehead atoms. The van der Waals surface area contributed by atoms with Gasteiger partial charge in [0.15, 0.2) is 0 Å². The fourth-order valence-corrected chi connectivity index (χ4v) is 4.11. The molecule has 5 nitrogen and oxygen atoms in total. The summed E-state index contributed by atoms with van der Waals surface area (Å²) in [5.41, 5.74) is 3.97. The third-order valence-corrected chi connectivity index (χ3v) is 5.80. The first kappa shape index (κ1) is 17.0. The molecule has 0 aliphatic carbocycles. The van der Waals surface area contributed by atoms with E-state index < -0.39 is 16.1 Å². The Bertz CT molecular complexity index is 849. The first-order chi connectivity index (χ1) is 11.4. The Morgan fingerprint density at radius 1 is 1.25 bits per heavy atom. The molecule has 2 aromatic carbocycles. The summed E-state index contributed by atoms with van der Waals surface area (Å²) in [4.78, 5) is 2.39. The number of nitrogens with zero attached hydrogens (tertiary/aromatic N) is 1. The number of hydrogen-bond donors (Lipinski definition) is 2. The Kier molecular flexibility index (Phi) is 4.62. The largest absolute Gasteiger partial charge is 0.387 e. The summed E-state index contributed by atoms with van der Waals surface area (Å²) in [6.07, 6.45) is 0.0716. The number of aliphatic hydroxyl groups excluding tert-OH is 1. The van der Waals surface area contributed by atoms with Crippen molar-refractivity contribution in [3.05, 3.63) is 59.2 Å². The van der Waals surface area contributed by atoms with E-state index in [0.717, 1.165) is 24.1 Å². The monoisotopic (exact) mass is 346 g/mol. The molecule has 1 aliphatic heterocycles. The molecule has 0 fully saturated rings. The minimum atomic E-state index is -3.62. The van der Waals surface area contributed by atoms with Crippen LogP contribution < -0.4 is 9.62 Å². The van der Waals surface area contributed by atoms with Crippen molar-refractivity contribution in [2.45, 2.75) is 24.3 Å². The summed E-state index contributed by atoms with van der Waals surface area (Å²) in [5, 5.41) is 10.3. The molecule has 0 saturated carbocycles. The number of benzene rings is 2. The lowest BCUT2D eigenvalue weighted by Crippen LogP contribution is -2.28. The van der Waals surface area contributed by atoms with Crippen molar-refractivity contribution in [2.24, 2.45) is 0 Å². The third kappa shape index (κ3) is 3.45. The molecular weight excluding hydrogens is 324 g/mol. The van der Waals surface area contributed by atoms with Crippen molar-refractivity contribution in [3.63, 3.8) is 0 Å². The van der Waals surface area contributed by atoms with E-state index in [1.54, 1.807) is 18.2 Å². The lowest BCUT2D eigenvalue weighted by Gasteiger charge is -2.16. The van der Waals surface area contributed by atoms with Crippen LogP contribution in [0.15, 0.2) is 47.4 Å². The van der Waals surface area contributed by atoms with Gasteiger partial charge in [-0.05, 0) is 48.2 Å². The second kappa shape index (κ2) is 6.55. The number of anilines is 1. The predicted octanol–water partition coefficient (Wildman–Crippen LogP) is 2.00. The van der Waals surface area contributed by atoms with Crippen molar-refractivity contribution < 1.29 is 13.5 Å². The highest BCUT2D eigenvalue weighted by Gasteiger charge is 2.20. The van der Waals surface area contributed by atoms with Crippen LogP contribution in [0.1, 0.15) is 22.8 Å². The molecule has 0 radical (unpaired) electrons. The average molecular weight is 346 g/mol. The predicted molar refractivity (Wildman–Crippen MR) is 94.7 cm³/mol. The molecule has 0 amide bonds. The summed E-state index contributed by atoms with van der Waals surface area (Å²) < 4.78 is 27.1. The van der Waals surface area contributed by atoms with Crippen LogP contribution in [0.25, 0.3) is 0 Å². The van der Waals surface area contributed by atoms with Crippen molar-refractivity contribution in [1.82, 2.24) is 4.72 Å². The van der Waals surface area contributed by atoms with Gasteiger partial charge >= 0.3 is 0 Å². The fraction of sp³-hybridized carbons (Fsp3) is 0.333. The molecule has 3 rings (SSSR count). The van der Waals surface area contributed by atoms with E-state index in [1.807, 2.05) is 38.2 Å². The van der Waals surface area contributed by atoms with Crippen molar-refractivity contribution in [1.29, 1.82) is 0 Å². The highest BCUT2D eigenvalue weighted by atomic mass is 32.2. The number of fused-ring (bicyclic) bond motifs is 1. The Morgan fingerprint density at radius 2 is 2.04 bits per heavy atom. The molecule has 128 valence electrons. The van der Waals surface area contributed by atoms with Crippen LogP contribution >= 0.6 is 0 Å². The summed E-state index contributed by atoms with van der Waals surface area (Å²) in [6.45, 7) is 2.76. The number of aryl methyl sites for hydroxylation is 1. The number of hydrogen-bond acceptors (Lipinski definition) is 4. The maximum atomic E-state index is 12.3. The molecule has 0 saturated heterocycles. The molecule has 0 spiro atoms. The first-order valence-corrected chi connectivity index (χ1v) is 9.43. The molecule has 6 heteroatoms. The second-order valence-corrected chi connectivity index (χ2v) is 8.01. The van der Waals surface area contributed by atoms with Crippen LogP contribution in [-0.4, -0.2) is 33.7 Å². The molecule has 0 aromatic heterocycles. The summed E-state index contributed by atoms with van der Waals surface area (Å²) >= 11 is 0. The topological polar surface area (TPSA) is 69.6 Å². The highest BCUT2D eigenvalue weighted by Crippen LogP contribution is 2.29. The SMILES string of the molecule is Cc1cccc(S(=O)(=O)NCC(O)c2ccc3c(c2)CCN3C)c1. The van der Waals surface area contributed by atoms with Crippen molar-refractivity contribution in [2.75, 3.05) is 25.0 Å². The lowest BCUT2D eigenvalue weighted by molar-refractivity contribution is 0.182. The van der Waals surface area contributed by atoms with Gasteiger partial charge in [0, 0.05) is 25.8 Å². The first-order valence-electron chi connectivity index (χ1n) is 7.95. The van der Waals surface area contributed by atoms with E-state index in [1.165, 1.54) is 11.3 Å². The smallest absolute Gasteiger partial charge is 0.240 e. The Labute approximate surface area is 143 Å². The van der Waals surface area contributed by atoms with E-state index >= 15 is 0 Å². The maximum absolute atomic E-state index is 12.3. The van der Waals surface area contributed by atoms with Crippen LogP contribution in [0, 0.1) is 6.92 Å². The number of aliphatic hydroxyl groups is 1. The number of rotatable bonds is 5. The summed E-state index contributed by atoms with van der Waals surface area (Å²) in [6, 6.07) is 12.5. The molecule has 1 heterocycles. The van der Waals surface area contributed by atoms with Gasteiger partial charge in [-0.15, -0.1) is 0 Å². The van der Waals surface area contributed by atoms with E-state index in [-0.39, 0.29) is 11.4 Å². The second-order valence-electron chi connectivity index (χ2n) is 6.24. The van der Waals surface area contributed by atoms with E-state index in [9.17, 15) is 13.5 Å². The van der Waals surface area contributed by atoms with Crippen LogP contribution in [-0.2, 0) is 16.4 Å². The number of sulfonamides is 1. The quantitative estimate of drug-likeness (QED) is 0.869. The zero-order chi connectivity index (χ0) is 17.3. The zero-order valence-electron chi connectivity index (χ0n) is 13.9. The van der Waals surface area contributed by atoms with Crippen molar-refractivity contribution >= 4 is 15.7 Å². The molecular formula is C18H22N2O3S. The van der Waals surface area contributed by atoms with Gasteiger partial charge in [-0.1, -0.05) is 24.3 Å². The number of nitrogens with one attached hydrogen (secondary N) is 1. The normalized spacial score (nSPS) is 15.4. The number of likely N-dealkylation sites (N-methyl/N-ethyl adjacent to an activating group) is 1. The van der Waals surface area contributed by atoms with Crippen molar-refractivity contribution in [3.8, 4) is 0 Å². The van der Waals surface area contributed by atoms with Gasteiger partial charge in [0.1, 0.15) is 0 Å². The van der Waals surface area contributed by atoms with E-state index in [0.29, 0.717) is 0 Å². The Hall–Kier alpha value is -1.89. The Balaban J connectivity index is 1.70. The molecule has 24 heavy (non-hydrogen) atoms. The van der Waals surface area contributed by atoms with Gasteiger partial charge in [-0.3, -0.25) is 0 Å². The third-order valence-electron chi connectivity index (χ3n) is 4.38. The molecule has 2 aromatic rings. The molecule has 1 atom stereocenters. The fourth-order valence-electron chi connectivity index (χ4n) is 2.97. The minimum Gasteiger partial charge on any atom is -0.387 e. The zero-order valence-corrected chi connectivity index (χ0v) is 14.7. The van der Waals surface area contributed by atoms with Crippen LogP contribution in [0.3, 0.4) is 0 Å². The van der Waals surface area contributed by atoms with Crippen LogP contribution in [0.4, 0.5) is 5.69 Å². The van der Waals surface area contributed by atoms with Gasteiger partial charge in [0.25, 0.3) is 0 Å². The minimum absolute atomic E-state index is 0.0507. The summed E-state index contributed by atoms with van der Waals surface area (Å²) in [5.74, 6) is 0. The lowest BCUT2D eigenvalue weighted by atomic mass is 10.0. The van der Waals surface area contributed by atoms with Crippen LogP contribution in [0.2, 0.25) is 0 Å². The standard InChI is InChI=1S/C18H22N2O3S/c1-13-4-3-5-16(10-13)24(22,23)19-12-18(21)15-6-7-17-14(11-15)8-9-20(17)2/h3-7,10-11,18-19,21H,8-9,12H2,1-2H3.